The number of aryl methyl sites for hydroxylation is 4. The highest BCUT2D eigenvalue weighted by Gasteiger charge is 2.29. The Labute approximate surface area is 168 Å². The summed E-state index contributed by atoms with van der Waals surface area (Å²) >= 11 is 0. The van der Waals surface area contributed by atoms with Gasteiger partial charge in [-0.3, -0.25) is 4.79 Å². The lowest BCUT2D eigenvalue weighted by Crippen LogP contribution is -2.10. The number of carbonyl (C=O) groups is 1. The lowest BCUT2D eigenvalue weighted by molar-refractivity contribution is -0.119. The molecule has 152 valence electrons. The van der Waals surface area contributed by atoms with Gasteiger partial charge >= 0.3 is 0 Å². The molecule has 2 aromatic rings. The van der Waals surface area contributed by atoms with Crippen molar-refractivity contribution in [1.29, 1.82) is 0 Å². The van der Waals surface area contributed by atoms with Crippen molar-refractivity contribution in [3.05, 3.63) is 41.0 Å². The number of nitrogens with zero attached hydrogens (tertiary/aromatic N) is 3. The number of Topliss-reactive ketones (excluding diaryl/α,β-unsaturated/α-hetero) is 1. The van der Waals surface area contributed by atoms with Crippen LogP contribution >= 0.6 is 0 Å². The third-order valence-corrected chi connectivity index (χ3v) is 5.54. The summed E-state index contributed by atoms with van der Waals surface area (Å²) in [5, 5.41) is 8.86. The van der Waals surface area contributed by atoms with Gasteiger partial charge in [-0.05, 0) is 61.8 Å². The molecule has 0 amide bonds. The van der Waals surface area contributed by atoms with Gasteiger partial charge in [0, 0.05) is 31.7 Å². The first-order valence-corrected chi connectivity index (χ1v) is 10.6. The summed E-state index contributed by atoms with van der Waals surface area (Å²) in [6.07, 6.45) is 7.13. The number of ketones is 1. The minimum atomic E-state index is 0.296. The van der Waals surface area contributed by atoms with Crippen LogP contribution in [0.2, 0.25) is 0 Å². The molecule has 0 saturated heterocycles. The zero-order valence-corrected chi connectivity index (χ0v) is 17.7. The van der Waals surface area contributed by atoms with Gasteiger partial charge in [0.15, 0.2) is 0 Å². The average molecular weight is 384 g/mol. The maximum absolute atomic E-state index is 12.5. The van der Waals surface area contributed by atoms with E-state index in [2.05, 4.69) is 41.6 Å². The van der Waals surface area contributed by atoms with E-state index >= 15 is 0 Å². The number of benzene rings is 1. The standard InChI is InChI=1S/C23H33N3O2/c1-16(2)5-13-22-24-25-23(26(22)19-8-9-19)14-11-20(27)10-6-18-7-12-21(28-4)15-17(18)3/h7,12,15-16,19H,5-6,8-11,13-14H2,1-4H3. The first kappa shape index (κ1) is 20.6. The quantitative estimate of drug-likeness (QED) is 0.566. The van der Waals surface area contributed by atoms with Crippen molar-refractivity contribution in [2.75, 3.05) is 7.11 Å². The zero-order valence-electron chi connectivity index (χ0n) is 17.7. The van der Waals surface area contributed by atoms with Crippen molar-refractivity contribution >= 4 is 5.78 Å². The van der Waals surface area contributed by atoms with Crippen molar-refractivity contribution in [2.24, 2.45) is 5.92 Å². The molecule has 0 unspecified atom stereocenters. The summed E-state index contributed by atoms with van der Waals surface area (Å²) in [6.45, 7) is 6.54. The maximum Gasteiger partial charge on any atom is 0.133 e. The van der Waals surface area contributed by atoms with Gasteiger partial charge in [-0.2, -0.15) is 0 Å². The minimum absolute atomic E-state index is 0.296. The van der Waals surface area contributed by atoms with Crippen molar-refractivity contribution in [3.8, 4) is 5.75 Å². The van der Waals surface area contributed by atoms with Crippen LogP contribution in [0.25, 0.3) is 0 Å². The van der Waals surface area contributed by atoms with E-state index < -0.39 is 0 Å². The van der Waals surface area contributed by atoms with E-state index in [1.54, 1.807) is 7.11 Å². The monoisotopic (exact) mass is 383 g/mol. The third-order valence-electron chi connectivity index (χ3n) is 5.54. The smallest absolute Gasteiger partial charge is 0.133 e. The van der Waals surface area contributed by atoms with E-state index in [1.807, 2.05) is 12.1 Å². The summed E-state index contributed by atoms with van der Waals surface area (Å²) in [7, 11) is 1.67. The molecule has 1 heterocycles. The van der Waals surface area contributed by atoms with E-state index in [-0.39, 0.29) is 0 Å². The highest BCUT2D eigenvalue weighted by atomic mass is 16.5. The molecule has 0 N–H and O–H groups in total. The molecule has 1 saturated carbocycles. The first-order valence-electron chi connectivity index (χ1n) is 10.6. The number of hydrogen-bond donors (Lipinski definition) is 0. The molecular weight excluding hydrogens is 350 g/mol. The molecule has 0 atom stereocenters. The molecule has 1 aliphatic carbocycles. The number of rotatable bonds is 11. The number of hydrogen-bond acceptors (Lipinski definition) is 4. The second-order valence-corrected chi connectivity index (χ2v) is 8.40. The molecule has 28 heavy (non-hydrogen) atoms. The Balaban J connectivity index is 1.53. The third kappa shape index (κ3) is 5.43. The molecule has 1 aliphatic rings. The van der Waals surface area contributed by atoms with Gasteiger partial charge in [-0.1, -0.05) is 19.9 Å². The Hall–Kier alpha value is -2.17. The Morgan fingerprint density at radius 1 is 1.14 bits per heavy atom. The zero-order chi connectivity index (χ0) is 20.1. The number of ether oxygens (including phenoxy) is 1. The molecule has 5 nitrogen and oxygen atoms in total. The van der Waals surface area contributed by atoms with Gasteiger partial charge in [0.1, 0.15) is 23.2 Å². The molecule has 1 aromatic carbocycles. The number of methoxy groups -OCH3 is 1. The minimum Gasteiger partial charge on any atom is -0.497 e. The fourth-order valence-corrected chi connectivity index (χ4v) is 3.60. The molecule has 1 fully saturated rings. The Morgan fingerprint density at radius 2 is 1.82 bits per heavy atom. The summed E-state index contributed by atoms with van der Waals surface area (Å²) in [6, 6.07) is 6.61. The van der Waals surface area contributed by atoms with E-state index in [0.717, 1.165) is 36.7 Å². The fraction of sp³-hybridized carbons (Fsp3) is 0.609. The van der Waals surface area contributed by atoms with E-state index in [9.17, 15) is 4.79 Å². The van der Waals surface area contributed by atoms with Crippen LogP contribution in [-0.4, -0.2) is 27.7 Å². The predicted molar refractivity (Wildman–Crippen MR) is 111 cm³/mol. The van der Waals surface area contributed by atoms with Crippen molar-refractivity contribution in [3.63, 3.8) is 0 Å². The van der Waals surface area contributed by atoms with Gasteiger partial charge in [-0.15, -0.1) is 10.2 Å². The van der Waals surface area contributed by atoms with Crippen LogP contribution in [0.4, 0.5) is 0 Å². The molecule has 0 aliphatic heterocycles. The fourth-order valence-electron chi connectivity index (χ4n) is 3.60. The molecule has 0 spiro atoms. The number of aromatic nitrogens is 3. The van der Waals surface area contributed by atoms with E-state index in [0.29, 0.717) is 37.0 Å². The highest BCUT2D eigenvalue weighted by Crippen LogP contribution is 2.37. The van der Waals surface area contributed by atoms with Gasteiger partial charge in [0.25, 0.3) is 0 Å². The molecular formula is C23H33N3O2. The maximum atomic E-state index is 12.5. The summed E-state index contributed by atoms with van der Waals surface area (Å²) in [5.41, 5.74) is 2.39. The molecule has 0 bridgehead atoms. The Bertz CT molecular complexity index is 806. The molecule has 3 rings (SSSR count). The lowest BCUT2D eigenvalue weighted by Gasteiger charge is -2.10. The molecule has 0 radical (unpaired) electrons. The predicted octanol–water partition coefficient (Wildman–Crippen LogP) is 4.65. The summed E-state index contributed by atoms with van der Waals surface area (Å²) < 4.78 is 7.57. The number of carbonyl (C=O) groups excluding carboxylic acids is 1. The molecule has 1 aromatic heterocycles. The van der Waals surface area contributed by atoms with Gasteiger partial charge in [0.05, 0.1) is 7.11 Å². The average Bonchev–Trinajstić information content (AvgIpc) is 3.43. The van der Waals surface area contributed by atoms with Crippen molar-refractivity contribution < 1.29 is 9.53 Å². The second kappa shape index (κ2) is 9.35. The van der Waals surface area contributed by atoms with Gasteiger partial charge in [0.2, 0.25) is 0 Å². The first-order chi connectivity index (χ1) is 13.5. The van der Waals surface area contributed by atoms with Crippen LogP contribution < -0.4 is 4.74 Å². The SMILES string of the molecule is COc1ccc(CCC(=O)CCc2nnc(CCC(C)C)n2C2CC2)c(C)c1. The van der Waals surface area contributed by atoms with Crippen LogP contribution in [0.15, 0.2) is 18.2 Å². The van der Waals surface area contributed by atoms with Crippen molar-refractivity contribution in [1.82, 2.24) is 14.8 Å². The van der Waals surface area contributed by atoms with Crippen molar-refractivity contribution in [2.45, 2.75) is 78.2 Å². The van der Waals surface area contributed by atoms with Crippen LogP contribution in [-0.2, 0) is 24.1 Å². The Morgan fingerprint density at radius 3 is 2.43 bits per heavy atom. The van der Waals surface area contributed by atoms with Crippen LogP contribution in [0.5, 0.6) is 5.75 Å². The van der Waals surface area contributed by atoms with Crippen LogP contribution in [0.1, 0.15) is 74.8 Å². The van der Waals surface area contributed by atoms with Crippen LogP contribution in [0, 0.1) is 12.8 Å². The molecule has 5 heteroatoms. The highest BCUT2D eigenvalue weighted by molar-refractivity contribution is 5.78. The van der Waals surface area contributed by atoms with E-state index in [4.69, 9.17) is 4.74 Å². The summed E-state index contributed by atoms with van der Waals surface area (Å²) in [5.74, 6) is 3.92. The largest absolute Gasteiger partial charge is 0.497 e. The lowest BCUT2D eigenvalue weighted by atomic mass is 10.0. The van der Waals surface area contributed by atoms with Gasteiger partial charge in [-0.25, -0.2) is 0 Å². The van der Waals surface area contributed by atoms with E-state index in [1.165, 1.54) is 24.0 Å². The summed E-state index contributed by atoms with van der Waals surface area (Å²) in [4.78, 5) is 12.5. The normalized spacial score (nSPS) is 13.9. The van der Waals surface area contributed by atoms with Crippen LogP contribution in [0.3, 0.4) is 0 Å². The topological polar surface area (TPSA) is 57.0 Å². The Kier molecular flexibility index (Phi) is 6.87. The van der Waals surface area contributed by atoms with Gasteiger partial charge < -0.3 is 9.30 Å². The second-order valence-electron chi connectivity index (χ2n) is 8.40.